The van der Waals surface area contributed by atoms with E-state index in [1.165, 1.54) is 0 Å². The van der Waals surface area contributed by atoms with Crippen molar-refractivity contribution in [2.24, 2.45) is 5.73 Å². The molecule has 7 heteroatoms. The molecular formula is C11H11F2N3O2. The largest absolute Gasteiger partial charge is 0.368 e. The number of primary amides is 1. The van der Waals surface area contributed by atoms with Gasteiger partial charge in [0.2, 0.25) is 11.8 Å². The number of halogens is 2. The minimum absolute atomic E-state index is 0.0113. The molecule has 0 saturated carbocycles. The highest BCUT2D eigenvalue weighted by atomic mass is 19.1. The summed E-state index contributed by atoms with van der Waals surface area (Å²) in [4.78, 5) is 24.0. The third-order valence-corrected chi connectivity index (χ3v) is 2.65. The Hall–Kier alpha value is -2.02. The molecule has 0 radical (unpaired) electrons. The van der Waals surface area contributed by atoms with Gasteiger partial charge in [-0.15, -0.1) is 0 Å². The molecule has 1 aromatic rings. The molecule has 1 aliphatic rings. The molecule has 1 heterocycles. The van der Waals surface area contributed by atoms with Crippen molar-refractivity contribution in [2.45, 2.75) is 6.04 Å². The summed E-state index contributed by atoms with van der Waals surface area (Å²) in [7, 11) is 0. The summed E-state index contributed by atoms with van der Waals surface area (Å²) >= 11 is 0. The van der Waals surface area contributed by atoms with E-state index in [1.807, 2.05) is 0 Å². The standard InChI is InChI=1S/C11H11F2N3O2/c12-6-1-7(13)3-8(2-6)16-9(11(14)18)4-15-5-10(16)17/h1-3,9,15H,4-5H2,(H2,14,18). The van der Waals surface area contributed by atoms with E-state index in [4.69, 9.17) is 5.73 Å². The number of benzene rings is 1. The Morgan fingerprint density at radius 3 is 2.50 bits per heavy atom. The van der Waals surface area contributed by atoms with Crippen LogP contribution < -0.4 is 16.0 Å². The molecule has 1 atom stereocenters. The molecule has 5 nitrogen and oxygen atoms in total. The van der Waals surface area contributed by atoms with Crippen molar-refractivity contribution in [3.8, 4) is 0 Å². The summed E-state index contributed by atoms with van der Waals surface area (Å²) in [5, 5.41) is 2.72. The highest BCUT2D eigenvalue weighted by Gasteiger charge is 2.33. The normalized spacial score (nSPS) is 20.0. The molecule has 1 unspecified atom stereocenters. The lowest BCUT2D eigenvalue weighted by atomic mass is 10.1. The van der Waals surface area contributed by atoms with Crippen molar-refractivity contribution in [1.29, 1.82) is 0 Å². The smallest absolute Gasteiger partial charge is 0.241 e. The number of amides is 2. The van der Waals surface area contributed by atoms with Gasteiger partial charge < -0.3 is 11.1 Å². The molecule has 0 bridgehead atoms. The van der Waals surface area contributed by atoms with E-state index >= 15 is 0 Å². The molecule has 1 saturated heterocycles. The quantitative estimate of drug-likeness (QED) is 0.765. The van der Waals surface area contributed by atoms with Crippen LogP contribution in [-0.4, -0.2) is 30.9 Å². The Morgan fingerprint density at radius 1 is 1.33 bits per heavy atom. The van der Waals surface area contributed by atoms with Gasteiger partial charge in [0.25, 0.3) is 0 Å². The fraction of sp³-hybridized carbons (Fsp3) is 0.273. The Kier molecular flexibility index (Phi) is 3.24. The van der Waals surface area contributed by atoms with Gasteiger partial charge in [-0.05, 0) is 12.1 Å². The summed E-state index contributed by atoms with van der Waals surface area (Å²) in [6.45, 7) is 0.140. The summed E-state index contributed by atoms with van der Waals surface area (Å²) in [5.41, 5.74) is 5.16. The van der Waals surface area contributed by atoms with Gasteiger partial charge in [0.05, 0.1) is 12.2 Å². The number of nitrogens with one attached hydrogen (secondary N) is 1. The van der Waals surface area contributed by atoms with Gasteiger partial charge in [0.1, 0.15) is 17.7 Å². The minimum atomic E-state index is -0.951. The van der Waals surface area contributed by atoms with Crippen LogP contribution in [0, 0.1) is 11.6 Å². The molecule has 0 aromatic heterocycles. The zero-order valence-corrected chi connectivity index (χ0v) is 9.32. The van der Waals surface area contributed by atoms with Gasteiger partial charge in [-0.2, -0.15) is 0 Å². The number of carbonyl (C=O) groups excluding carboxylic acids is 2. The summed E-state index contributed by atoms with van der Waals surface area (Å²) in [5.74, 6) is -2.84. The van der Waals surface area contributed by atoms with Gasteiger partial charge in [0, 0.05) is 12.6 Å². The SMILES string of the molecule is NC(=O)C1CNCC(=O)N1c1cc(F)cc(F)c1. The molecule has 96 valence electrons. The molecule has 2 rings (SSSR count). The van der Waals surface area contributed by atoms with Gasteiger partial charge in [-0.1, -0.05) is 0 Å². The van der Waals surface area contributed by atoms with Crippen LogP contribution in [0.3, 0.4) is 0 Å². The number of piperazine rings is 1. The van der Waals surface area contributed by atoms with Crippen molar-refractivity contribution >= 4 is 17.5 Å². The van der Waals surface area contributed by atoms with Gasteiger partial charge in [0.15, 0.2) is 0 Å². The van der Waals surface area contributed by atoms with Crippen LogP contribution in [0.15, 0.2) is 18.2 Å². The zero-order chi connectivity index (χ0) is 13.3. The predicted octanol–water partition coefficient (Wildman–Crippen LogP) is -0.245. The summed E-state index contributed by atoms with van der Waals surface area (Å²) in [6, 6.07) is 1.72. The van der Waals surface area contributed by atoms with Crippen LogP contribution in [-0.2, 0) is 9.59 Å². The van der Waals surface area contributed by atoms with E-state index < -0.39 is 29.5 Å². The fourth-order valence-corrected chi connectivity index (χ4v) is 1.90. The second-order valence-electron chi connectivity index (χ2n) is 3.94. The van der Waals surface area contributed by atoms with Crippen molar-refractivity contribution in [3.05, 3.63) is 29.8 Å². The van der Waals surface area contributed by atoms with Crippen LogP contribution in [0.5, 0.6) is 0 Å². The number of hydrogen-bond acceptors (Lipinski definition) is 3. The summed E-state index contributed by atoms with van der Waals surface area (Å²) < 4.78 is 26.3. The van der Waals surface area contributed by atoms with Crippen molar-refractivity contribution < 1.29 is 18.4 Å². The van der Waals surface area contributed by atoms with Crippen LogP contribution >= 0.6 is 0 Å². The highest BCUT2D eigenvalue weighted by molar-refractivity contribution is 6.02. The minimum Gasteiger partial charge on any atom is -0.368 e. The topological polar surface area (TPSA) is 75.4 Å². The van der Waals surface area contributed by atoms with Crippen LogP contribution in [0.4, 0.5) is 14.5 Å². The van der Waals surface area contributed by atoms with E-state index in [2.05, 4.69) is 5.32 Å². The molecular weight excluding hydrogens is 244 g/mol. The summed E-state index contributed by atoms with van der Waals surface area (Å²) in [6.07, 6.45) is 0. The lowest BCUT2D eigenvalue weighted by Crippen LogP contribution is -2.60. The van der Waals surface area contributed by atoms with E-state index in [-0.39, 0.29) is 18.8 Å². The van der Waals surface area contributed by atoms with E-state index in [9.17, 15) is 18.4 Å². The number of anilines is 1. The molecule has 18 heavy (non-hydrogen) atoms. The lowest BCUT2D eigenvalue weighted by Gasteiger charge is -2.34. The van der Waals surface area contributed by atoms with Gasteiger partial charge in [-0.3, -0.25) is 14.5 Å². The molecule has 0 spiro atoms. The molecule has 1 fully saturated rings. The molecule has 1 aliphatic heterocycles. The Labute approximate surface area is 102 Å². The van der Waals surface area contributed by atoms with Gasteiger partial charge >= 0.3 is 0 Å². The number of hydrogen-bond donors (Lipinski definition) is 2. The van der Waals surface area contributed by atoms with Gasteiger partial charge in [-0.25, -0.2) is 8.78 Å². The number of nitrogens with two attached hydrogens (primary N) is 1. The number of carbonyl (C=O) groups is 2. The third kappa shape index (κ3) is 2.30. The zero-order valence-electron chi connectivity index (χ0n) is 9.32. The van der Waals surface area contributed by atoms with Crippen molar-refractivity contribution in [2.75, 3.05) is 18.0 Å². The maximum absolute atomic E-state index is 13.1. The maximum Gasteiger partial charge on any atom is 0.241 e. The lowest BCUT2D eigenvalue weighted by molar-refractivity contribution is -0.125. The van der Waals surface area contributed by atoms with Crippen LogP contribution in [0.2, 0.25) is 0 Å². The van der Waals surface area contributed by atoms with Crippen LogP contribution in [0.25, 0.3) is 0 Å². The van der Waals surface area contributed by atoms with Crippen molar-refractivity contribution in [1.82, 2.24) is 5.32 Å². The molecule has 2 amide bonds. The van der Waals surface area contributed by atoms with Crippen molar-refractivity contribution in [3.63, 3.8) is 0 Å². The second-order valence-corrected chi connectivity index (χ2v) is 3.94. The Bertz CT molecular complexity index is 487. The first kappa shape index (κ1) is 12.4. The fourth-order valence-electron chi connectivity index (χ4n) is 1.90. The highest BCUT2D eigenvalue weighted by Crippen LogP contribution is 2.21. The third-order valence-electron chi connectivity index (χ3n) is 2.65. The Balaban J connectivity index is 2.43. The van der Waals surface area contributed by atoms with E-state index in [1.54, 1.807) is 0 Å². The van der Waals surface area contributed by atoms with E-state index in [0.717, 1.165) is 17.0 Å². The van der Waals surface area contributed by atoms with E-state index in [0.29, 0.717) is 6.07 Å². The molecule has 3 N–H and O–H groups in total. The Morgan fingerprint density at radius 2 is 1.94 bits per heavy atom. The number of nitrogens with zero attached hydrogens (tertiary/aromatic N) is 1. The monoisotopic (exact) mass is 255 g/mol. The van der Waals surface area contributed by atoms with Crippen LogP contribution in [0.1, 0.15) is 0 Å². The molecule has 1 aromatic carbocycles. The second kappa shape index (κ2) is 4.69. The maximum atomic E-state index is 13.1. The first-order chi connectivity index (χ1) is 8.49. The average Bonchev–Trinajstić information content (AvgIpc) is 2.26. The molecule has 0 aliphatic carbocycles. The average molecular weight is 255 g/mol. The first-order valence-corrected chi connectivity index (χ1v) is 5.27. The number of rotatable bonds is 2. The first-order valence-electron chi connectivity index (χ1n) is 5.27. The predicted molar refractivity (Wildman–Crippen MR) is 59.7 cm³/mol.